The predicted molar refractivity (Wildman–Crippen MR) is 85.8 cm³/mol. The summed E-state index contributed by atoms with van der Waals surface area (Å²) in [4.78, 5) is 36.6. The zero-order valence-electron chi connectivity index (χ0n) is 13.7. The Balaban J connectivity index is 2.21. The molecule has 0 fully saturated rings. The molecule has 1 radical (unpaired) electrons. The van der Waals surface area contributed by atoms with E-state index in [2.05, 4.69) is 6.07 Å². The fraction of sp³-hybridized carbons (Fsp3) is 0.316. The molecule has 1 aromatic carbocycles. The van der Waals surface area contributed by atoms with Crippen molar-refractivity contribution in [2.75, 3.05) is 0 Å². The van der Waals surface area contributed by atoms with Crippen LogP contribution in [0.2, 0.25) is 0 Å². The number of hydrogen-bond acceptors (Lipinski definition) is 4. The molecule has 4 nitrogen and oxygen atoms in total. The van der Waals surface area contributed by atoms with E-state index < -0.39 is 11.4 Å². The Hall–Kier alpha value is -2.49. The summed E-state index contributed by atoms with van der Waals surface area (Å²) < 4.78 is 5.27. The van der Waals surface area contributed by atoms with Gasteiger partial charge in [-0.05, 0) is 38.1 Å². The second kappa shape index (κ2) is 6.32. The Morgan fingerprint density at radius 1 is 1.17 bits per heavy atom. The van der Waals surface area contributed by atoms with Crippen LogP contribution in [0, 0.1) is 11.5 Å². The van der Waals surface area contributed by atoms with Crippen LogP contribution >= 0.6 is 0 Å². The fourth-order valence-corrected chi connectivity index (χ4v) is 2.73. The Kier molecular flexibility index (Phi) is 4.64. The standard InChI is InChI=1S/C19H19O4/c1-12-10-15(20)13(2)17(18(12)22)19(3,4)11-16(21)23-14-8-6-5-7-9-14/h6-10H,11H2,1-4H3. The molecule has 2 rings (SSSR count). The molecule has 0 unspecified atom stereocenters. The highest BCUT2D eigenvalue weighted by Gasteiger charge is 2.37. The number of carbonyl (C=O) groups excluding carboxylic acids is 3. The first-order valence-corrected chi connectivity index (χ1v) is 7.38. The summed E-state index contributed by atoms with van der Waals surface area (Å²) in [6.45, 7) is 6.78. The summed E-state index contributed by atoms with van der Waals surface area (Å²) in [6, 6.07) is 9.41. The summed E-state index contributed by atoms with van der Waals surface area (Å²) in [5, 5.41) is 0. The van der Waals surface area contributed by atoms with E-state index in [1.807, 2.05) is 0 Å². The van der Waals surface area contributed by atoms with Crippen molar-refractivity contribution in [3.8, 4) is 5.75 Å². The van der Waals surface area contributed by atoms with Crippen LogP contribution in [0.5, 0.6) is 5.75 Å². The molecule has 0 spiro atoms. The van der Waals surface area contributed by atoms with E-state index in [0.717, 1.165) is 0 Å². The number of esters is 1. The first-order valence-electron chi connectivity index (χ1n) is 7.38. The van der Waals surface area contributed by atoms with E-state index in [9.17, 15) is 14.4 Å². The number of allylic oxidation sites excluding steroid dienone is 4. The summed E-state index contributed by atoms with van der Waals surface area (Å²) >= 11 is 0. The Morgan fingerprint density at radius 3 is 2.39 bits per heavy atom. The van der Waals surface area contributed by atoms with Gasteiger partial charge in [-0.1, -0.05) is 26.0 Å². The van der Waals surface area contributed by atoms with Crippen LogP contribution in [0.3, 0.4) is 0 Å². The van der Waals surface area contributed by atoms with E-state index in [0.29, 0.717) is 22.5 Å². The number of hydrogen-bond donors (Lipinski definition) is 0. The number of ether oxygens (including phenoxy) is 1. The third-order valence-corrected chi connectivity index (χ3v) is 3.86. The monoisotopic (exact) mass is 311 g/mol. The second-order valence-corrected chi connectivity index (χ2v) is 6.29. The van der Waals surface area contributed by atoms with Crippen LogP contribution in [0.4, 0.5) is 0 Å². The van der Waals surface area contributed by atoms with Crippen molar-refractivity contribution >= 4 is 17.5 Å². The maximum absolute atomic E-state index is 12.4. The van der Waals surface area contributed by atoms with Crippen molar-refractivity contribution in [1.29, 1.82) is 0 Å². The van der Waals surface area contributed by atoms with Crippen LogP contribution in [-0.2, 0) is 14.4 Å². The number of rotatable bonds is 4. The third-order valence-electron chi connectivity index (χ3n) is 3.86. The average molecular weight is 311 g/mol. The number of Topliss-reactive ketones (excluding diaryl/α,β-unsaturated/α-hetero) is 1. The molecular formula is C19H19O4. The van der Waals surface area contributed by atoms with Crippen molar-refractivity contribution in [3.05, 3.63) is 53.1 Å². The van der Waals surface area contributed by atoms with Crippen molar-refractivity contribution in [2.45, 2.75) is 34.1 Å². The van der Waals surface area contributed by atoms with Gasteiger partial charge in [-0.2, -0.15) is 0 Å². The van der Waals surface area contributed by atoms with Crippen LogP contribution in [0.25, 0.3) is 0 Å². The van der Waals surface area contributed by atoms with Gasteiger partial charge < -0.3 is 4.74 Å². The highest BCUT2D eigenvalue weighted by molar-refractivity contribution is 6.22. The molecule has 1 aromatic rings. The Bertz CT molecular complexity index is 721. The molecule has 0 N–H and O–H groups in total. The van der Waals surface area contributed by atoms with Gasteiger partial charge in [0.05, 0.1) is 6.42 Å². The van der Waals surface area contributed by atoms with Gasteiger partial charge in [0.15, 0.2) is 11.6 Å². The number of ketones is 2. The SMILES string of the molecule is CC1=CC(=O)C(C)=C(C(C)(C)CC(=O)Oc2cc[c]cc2)C1=O. The molecule has 1 aliphatic rings. The highest BCUT2D eigenvalue weighted by atomic mass is 16.5. The zero-order chi connectivity index (χ0) is 17.2. The molecule has 0 atom stereocenters. The van der Waals surface area contributed by atoms with Crippen molar-refractivity contribution in [3.63, 3.8) is 0 Å². The van der Waals surface area contributed by atoms with Gasteiger partial charge >= 0.3 is 5.97 Å². The van der Waals surface area contributed by atoms with E-state index >= 15 is 0 Å². The van der Waals surface area contributed by atoms with Crippen LogP contribution in [0.1, 0.15) is 34.1 Å². The molecule has 0 heterocycles. The van der Waals surface area contributed by atoms with Crippen LogP contribution in [-0.4, -0.2) is 17.5 Å². The van der Waals surface area contributed by atoms with E-state index in [1.54, 1.807) is 52.0 Å². The molecule has 0 saturated carbocycles. The normalized spacial score (nSPS) is 15.6. The quantitative estimate of drug-likeness (QED) is 0.486. The molecule has 0 amide bonds. The number of carbonyl (C=O) groups is 3. The minimum Gasteiger partial charge on any atom is -0.427 e. The third kappa shape index (κ3) is 3.65. The number of benzene rings is 1. The van der Waals surface area contributed by atoms with Crippen molar-refractivity contribution in [1.82, 2.24) is 0 Å². The van der Waals surface area contributed by atoms with Gasteiger partial charge in [0, 0.05) is 22.1 Å². The Morgan fingerprint density at radius 2 is 1.78 bits per heavy atom. The van der Waals surface area contributed by atoms with Gasteiger partial charge in [0.25, 0.3) is 0 Å². The lowest BCUT2D eigenvalue weighted by atomic mass is 9.73. The minimum absolute atomic E-state index is 0.00455. The highest BCUT2D eigenvalue weighted by Crippen LogP contribution is 2.37. The van der Waals surface area contributed by atoms with E-state index in [4.69, 9.17) is 4.74 Å². The van der Waals surface area contributed by atoms with E-state index in [-0.39, 0.29) is 18.0 Å². The summed E-state index contributed by atoms with van der Waals surface area (Å²) in [7, 11) is 0. The zero-order valence-corrected chi connectivity index (χ0v) is 13.7. The molecule has 119 valence electrons. The van der Waals surface area contributed by atoms with Gasteiger partial charge in [-0.15, -0.1) is 0 Å². The van der Waals surface area contributed by atoms with Crippen molar-refractivity contribution < 1.29 is 19.1 Å². The molecule has 4 heteroatoms. The predicted octanol–water partition coefficient (Wildman–Crippen LogP) is 3.22. The summed E-state index contributed by atoms with van der Waals surface area (Å²) in [5.41, 5.74) is 0.397. The fourth-order valence-electron chi connectivity index (χ4n) is 2.73. The molecule has 1 aliphatic carbocycles. The van der Waals surface area contributed by atoms with E-state index in [1.165, 1.54) is 6.08 Å². The molecule has 0 aromatic heterocycles. The van der Waals surface area contributed by atoms with Gasteiger partial charge in [-0.3, -0.25) is 14.4 Å². The smallest absolute Gasteiger partial charge is 0.312 e. The molecule has 0 saturated heterocycles. The molecule has 23 heavy (non-hydrogen) atoms. The second-order valence-electron chi connectivity index (χ2n) is 6.29. The lowest BCUT2D eigenvalue weighted by Gasteiger charge is -2.29. The van der Waals surface area contributed by atoms with Gasteiger partial charge in [-0.25, -0.2) is 0 Å². The lowest BCUT2D eigenvalue weighted by molar-refractivity contribution is -0.136. The lowest BCUT2D eigenvalue weighted by Crippen LogP contribution is -2.31. The van der Waals surface area contributed by atoms with Gasteiger partial charge in [0.1, 0.15) is 5.75 Å². The molecular weight excluding hydrogens is 292 g/mol. The van der Waals surface area contributed by atoms with Crippen LogP contribution < -0.4 is 4.74 Å². The Labute approximate surface area is 135 Å². The average Bonchev–Trinajstić information content (AvgIpc) is 2.45. The largest absolute Gasteiger partial charge is 0.427 e. The molecule has 0 aliphatic heterocycles. The molecule has 0 bridgehead atoms. The first-order chi connectivity index (χ1) is 10.7. The minimum atomic E-state index is -0.787. The van der Waals surface area contributed by atoms with Gasteiger partial charge in [0.2, 0.25) is 0 Å². The van der Waals surface area contributed by atoms with Crippen molar-refractivity contribution in [2.24, 2.45) is 5.41 Å². The summed E-state index contributed by atoms with van der Waals surface area (Å²) in [6.07, 6.45) is 1.35. The maximum Gasteiger partial charge on any atom is 0.312 e. The van der Waals surface area contributed by atoms with Crippen LogP contribution in [0.15, 0.2) is 47.1 Å². The summed E-state index contributed by atoms with van der Waals surface area (Å²) in [5.74, 6) is -0.391. The maximum atomic E-state index is 12.4. The topological polar surface area (TPSA) is 60.4 Å². The first kappa shape index (κ1) is 16.9.